The van der Waals surface area contributed by atoms with Gasteiger partial charge in [-0.2, -0.15) is 0 Å². The number of amides is 1. The van der Waals surface area contributed by atoms with E-state index in [1.54, 1.807) is 12.4 Å². The van der Waals surface area contributed by atoms with Crippen LogP contribution in [-0.4, -0.2) is 22.4 Å². The number of nitrogens with zero attached hydrogens (tertiary/aromatic N) is 2. The van der Waals surface area contributed by atoms with E-state index >= 15 is 0 Å². The second-order valence-electron chi connectivity index (χ2n) is 5.38. The molecule has 3 aromatic rings. The van der Waals surface area contributed by atoms with Crippen LogP contribution in [-0.2, 0) is 6.54 Å². The van der Waals surface area contributed by atoms with E-state index in [1.165, 1.54) is 29.5 Å². The van der Waals surface area contributed by atoms with Gasteiger partial charge in [0.15, 0.2) is 5.13 Å². The first kappa shape index (κ1) is 17.8. The van der Waals surface area contributed by atoms with E-state index in [0.717, 1.165) is 4.88 Å². The quantitative estimate of drug-likeness (QED) is 0.589. The van der Waals surface area contributed by atoms with E-state index in [0.29, 0.717) is 29.6 Å². The van der Waals surface area contributed by atoms with E-state index in [2.05, 4.69) is 25.9 Å². The summed E-state index contributed by atoms with van der Waals surface area (Å²) < 4.78 is 14.0. The number of rotatable bonds is 7. The molecule has 26 heavy (non-hydrogen) atoms. The van der Waals surface area contributed by atoms with Crippen molar-refractivity contribution in [3.63, 3.8) is 0 Å². The number of pyridine rings is 1. The average Bonchev–Trinajstić information content (AvgIpc) is 3.09. The van der Waals surface area contributed by atoms with Crippen molar-refractivity contribution in [3.05, 3.63) is 65.0 Å². The molecule has 134 valence electrons. The van der Waals surface area contributed by atoms with Crippen molar-refractivity contribution in [3.8, 4) is 0 Å². The van der Waals surface area contributed by atoms with Crippen molar-refractivity contribution in [2.45, 2.75) is 13.5 Å². The van der Waals surface area contributed by atoms with Gasteiger partial charge in [-0.3, -0.25) is 4.79 Å². The maximum absolute atomic E-state index is 14.0. The summed E-state index contributed by atoms with van der Waals surface area (Å²) in [5.74, 6) is 0.0756. The fraction of sp³-hybridized carbons (Fsp3) is 0.167. The standard InChI is InChI=1S/C18H18FN5OS/c1-2-20-17(25)12-6-7-14(19)15(9-12)22-10-13-11-23-18(26-13)24-16-5-3-4-8-21-16/h3-9,11,22H,2,10H2,1H3,(H,20,25)(H,21,23,24). The predicted molar refractivity (Wildman–Crippen MR) is 101 cm³/mol. The largest absolute Gasteiger partial charge is 0.378 e. The van der Waals surface area contributed by atoms with Crippen LogP contribution in [0, 0.1) is 5.82 Å². The molecule has 0 aliphatic rings. The topological polar surface area (TPSA) is 78.9 Å². The van der Waals surface area contributed by atoms with Crippen molar-refractivity contribution in [1.82, 2.24) is 15.3 Å². The number of hydrogen-bond acceptors (Lipinski definition) is 6. The van der Waals surface area contributed by atoms with Crippen LogP contribution in [0.3, 0.4) is 0 Å². The van der Waals surface area contributed by atoms with Crippen LogP contribution in [0.15, 0.2) is 48.8 Å². The third-order valence-corrected chi connectivity index (χ3v) is 4.39. The molecule has 2 heterocycles. The zero-order chi connectivity index (χ0) is 18.4. The molecule has 2 aromatic heterocycles. The molecule has 0 bridgehead atoms. The average molecular weight is 371 g/mol. The third-order valence-electron chi connectivity index (χ3n) is 3.47. The minimum absolute atomic E-state index is 0.227. The summed E-state index contributed by atoms with van der Waals surface area (Å²) in [6.07, 6.45) is 3.41. The van der Waals surface area contributed by atoms with E-state index < -0.39 is 5.82 Å². The lowest BCUT2D eigenvalue weighted by Crippen LogP contribution is -2.22. The highest BCUT2D eigenvalue weighted by atomic mass is 32.1. The molecule has 0 fully saturated rings. The number of aromatic nitrogens is 2. The number of nitrogens with one attached hydrogen (secondary N) is 3. The van der Waals surface area contributed by atoms with Crippen LogP contribution in [0.5, 0.6) is 0 Å². The van der Waals surface area contributed by atoms with Crippen molar-refractivity contribution in [1.29, 1.82) is 0 Å². The Labute approximate surface area is 154 Å². The molecular formula is C18H18FN5OS. The van der Waals surface area contributed by atoms with E-state index in [1.807, 2.05) is 25.1 Å². The van der Waals surface area contributed by atoms with Gasteiger partial charge in [0.05, 0.1) is 12.2 Å². The molecular weight excluding hydrogens is 353 g/mol. The molecule has 0 radical (unpaired) electrons. The van der Waals surface area contributed by atoms with Crippen LogP contribution < -0.4 is 16.0 Å². The van der Waals surface area contributed by atoms with Crippen LogP contribution >= 0.6 is 11.3 Å². The minimum atomic E-state index is -0.408. The Hall–Kier alpha value is -3.00. The molecule has 0 unspecified atom stereocenters. The van der Waals surface area contributed by atoms with Crippen molar-refractivity contribution in [2.75, 3.05) is 17.2 Å². The lowest BCUT2D eigenvalue weighted by molar-refractivity contribution is 0.0956. The Morgan fingerprint density at radius 3 is 2.88 bits per heavy atom. The number of benzene rings is 1. The predicted octanol–water partition coefficient (Wildman–Crippen LogP) is 3.78. The van der Waals surface area contributed by atoms with Gasteiger partial charge in [-0.25, -0.2) is 14.4 Å². The summed E-state index contributed by atoms with van der Waals surface area (Å²) in [6, 6.07) is 9.83. The van der Waals surface area contributed by atoms with Gasteiger partial charge < -0.3 is 16.0 Å². The maximum atomic E-state index is 14.0. The van der Waals surface area contributed by atoms with Crippen molar-refractivity contribution >= 4 is 33.9 Å². The summed E-state index contributed by atoms with van der Waals surface area (Å²) >= 11 is 1.44. The number of carbonyl (C=O) groups is 1. The van der Waals surface area contributed by atoms with Crippen LogP contribution in [0.2, 0.25) is 0 Å². The fourth-order valence-electron chi connectivity index (χ4n) is 2.24. The summed E-state index contributed by atoms with van der Waals surface area (Å²) in [4.78, 5) is 21.3. The zero-order valence-corrected chi connectivity index (χ0v) is 14.9. The van der Waals surface area contributed by atoms with Crippen LogP contribution in [0.1, 0.15) is 22.2 Å². The minimum Gasteiger partial charge on any atom is -0.378 e. The molecule has 0 spiro atoms. The Morgan fingerprint density at radius 1 is 1.23 bits per heavy atom. The number of halogens is 1. The molecule has 0 aliphatic heterocycles. The molecule has 3 rings (SSSR count). The molecule has 0 saturated heterocycles. The van der Waals surface area contributed by atoms with E-state index in [9.17, 15) is 9.18 Å². The van der Waals surface area contributed by atoms with Crippen molar-refractivity contribution in [2.24, 2.45) is 0 Å². The number of hydrogen-bond donors (Lipinski definition) is 3. The molecule has 1 aromatic carbocycles. The van der Waals surface area contributed by atoms with E-state index in [-0.39, 0.29) is 11.6 Å². The zero-order valence-electron chi connectivity index (χ0n) is 14.1. The second kappa shape index (κ2) is 8.39. The van der Waals surface area contributed by atoms with Crippen LogP contribution in [0.4, 0.5) is 21.0 Å². The monoisotopic (exact) mass is 371 g/mol. The Bertz CT molecular complexity index is 884. The maximum Gasteiger partial charge on any atom is 0.251 e. The second-order valence-corrected chi connectivity index (χ2v) is 6.49. The first-order chi connectivity index (χ1) is 12.7. The summed E-state index contributed by atoms with van der Waals surface area (Å²) in [7, 11) is 0. The van der Waals surface area contributed by atoms with Gasteiger partial charge in [-0.1, -0.05) is 17.4 Å². The van der Waals surface area contributed by atoms with E-state index in [4.69, 9.17) is 0 Å². The smallest absolute Gasteiger partial charge is 0.251 e. The Balaban J connectivity index is 1.64. The number of thiazole rings is 1. The molecule has 8 heteroatoms. The summed E-state index contributed by atoms with van der Waals surface area (Å²) in [6.45, 7) is 2.75. The fourth-order valence-corrected chi connectivity index (χ4v) is 3.00. The normalized spacial score (nSPS) is 10.4. The Kier molecular flexibility index (Phi) is 5.75. The van der Waals surface area contributed by atoms with Gasteiger partial charge >= 0.3 is 0 Å². The van der Waals surface area contributed by atoms with Crippen LogP contribution in [0.25, 0.3) is 0 Å². The SMILES string of the molecule is CCNC(=O)c1ccc(F)c(NCc2cnc(Nc3ccccn3)s2)c1. The lowest BCUT2D eigenvalue weighted by atomic mass is 10.1. The molecule has 6 nitrogen and oxygen atoms in total. The molecule has 0 aliphatic carbocycles. The molecule has 1 amide bonds. The van der Waals surface area contributed by atoms with Gasteiger partial charge in [0, 0.05) is 29.4 Å². The van der Waals surface area contributed by atoms with Gasteiger partial charge in [-0.15, -0.1) is 0 Å². The Morgan fingerprint density at radius 2 is 2.12 bits per heavy atom. The van der Waals surface area contributed by atoms with Crippen molar-refractivity contribution < 1.29 is 9.18 Å². The third kappa shape index (κ3) is 4.54. The molecule has 0 atom stereocenters. The van der Waals surface area contributed by atoms with Gasteiger partial charge in [0.2, 0.25) is 0 Å². The highest BCUT2D eigenvalue weighted by Crippen LogP contribution is 2.23. The molecule has 3 N–H and O–H groups in total. The molecule has 0 saturated carbocycles. The lowest BCUT2D eigenvalue weighted by Gasteiger charge is -2.09. The number of carbonyl (C=O) groups excluding carboxylic acids is 1. The first-order valence-electron chi connectivity index (χ1n) is 8.10. The summed E-state index contributed by atoms with van der Waals surface area (Å²) in [5.41, 5.74) is 0.693. The number of anilines is 3. The van der Waals surface area contributed by atoms with Gasteiger partial charge in [0.1, 0.15) is 11.6 Å². The van der Waals surface area contributed by atoms with Gasteiger partial charge in [-0.05, 0) is 37.3 Å². The highest BCUT2D eigenvalue weighted by molar-refractivity contribution is 7.15. The summed E-state index contributed by atoms with van der Waals surface area (Å²) in [5, 5.41) is 9.53. The highest BCUT2D eigenvalue weighted by Gasteiger charge is 2.10. The first-order valence-corrected chi connectivity index (χ1v) is 8.91. The van der Waals surface area contributed by atoms with Gasteiger partial charge in [0.25, 0.3) is 5.91 Å².